The fourth-order valence-electron chi connectivity index (χ4n) is 4.99. The summed E-state index contributed by atoms with van der Waals surface area (Å²) in [5.74, 6) is -0.966. The fourth-order valence-corrected chi connectivity index (χ4v) is 5.64. The Labute approximate surface area is 192 Å². The Morgan fingerprint density at radius 3 is 2.58 bits per heavy atom. The van der Waals surface area contributed by atoms with Gasteiger partial charge in [0.05, 0.1) is 23.3 Å². The molecule has 1 saturated heterocycles. The Kier molecular flexibility index (Phi) is 6.43. The molecular formula is C24H27FN2O5S. The number of benzene rings is 2. The fraction of sp³-hybridized carbons (Fsp3) is 0.417. The number of hydrogen-bond acceptors (Lipinski definition) is 5. The monoisotopic (exact) mass is 474 g/mol. The molecule has 3 unspecified atom stereocenters. The van der Waals surface area contributed by atoms with Crippen LogP contribution < -0.4 is 10.1 Å². The van der Waals surface area contributed by atoms with Crippen molar-refractivity contribution in [3.63, 3.8) is 0 Å². The van der Waals surface area contributed by atoms with E-state index in [-0.39, 0.29) is 28.4 Å². The quantitative estimate of drug-likeness (QED) is 0.668. The predicted octanol–water partition coefficient (Wildman–Crippen LogP) is 3.65. The van der Waals surface area contributed by atoms with E-state index in [4.69, 9.17) is 4.74 Å². The maximum Gasteiger partial charge on any atom is 0.258 e. The van der Waals surface area contributed by atoms with Gasteiger partial charge in [-0.05, 0) is 55.5 Å². The van der Waals surface area contributed by atoms with Gasteiger partial charge in [0.15, 0.2) is 9.84 Å². The molecule has 1 N–H and O–H groups in total. The van der Waals surface area contributed by atoms with Crippen LogP contribution in [0.15, 0.2) is 47.4 Å². The van der Waals surface area contributed by atoms with Crippen molar-refractivity contribution in [1.82, 2.24) is 4.90 Å². The zero-order valence-electron chi connectivity index (χ0n) is 18.6. The number of halogens is 1. The molecule has 0 aromatic heterocycles. The molecule has 0 bridgehead atoms. The number of methoxy groups -OCH3 is 1. The standard InChI is InChI=1S/C24H27FN2O5S/c1-32-22-10-6-4-8-17(22)24(29)27-20-9-5-3-7-15(20)13-21(27)23(28)26-19-14-16(33(2,30)31)11-12-18(19)25/h4,6,8,10-12,14-15,20-21H,3,5,7,9,13H2,1-2H3,(H,26,28). The van der Waals surface area contributed by atoms with E-state index in [9.17, 15) is 22.4 Å². The summed E-state index contributed by atoms with van der Waals surface area (Å²) in [5.41, 5.74) is 0.150. The molecule has 7 nitrogen and oxygen atoms in total. The minimum Gasteiger partial charge on any atom is -0.496 e. The molecule has 176 valence electrons. The second-order valence-corrected chi connectivity index (χ2v) is 10.7. The molecule has 2 aromatic rings. The Morgan fingerprint density at radius 1 is 1.12 bits per heavy atom. The van der Waals surface area contributed by atoms with Crippen molar-refractivity contribution in [3.8, 4) is 5.75 Å². The summed E-state index contributed by atoms with van der Waals surface area (Å²) in [7, 11) is -2.09. The number of nitrogens with zero attached hydrogens (tertiary/aromatic N) is 1. The average molecular weight is 475 g/mol. The lowest BCUT2D eigenvalue weighted by Gasteiger charge is -2.34. The van der Waals surface area contributed by atoms with E-state index in [0.29, 0.717) is 17.7 Å². The van der Waals surface area contributed by atoms with Crippen molar-refractivity contribution < 1.29 is 27.1 Å². The summed E-state index contributed by atoms with van der Waals surface area (Å²) < 4.78 is 43.5. The molecular weight excluding hydrogens is 447 g/mol. The van der Waals surface area contributed by atoms with Gasteiger partial charge in [0.25, 0.3) is 5.91 Å². The number of carbonyl (C=O) groups is 2. The third-order valence-electron chi connectivity index (χ3n) is 6.59. The van der Waals surface area contributed by atoms with Crippen LogP contribution in [-0.4, -0.2) is 50.6 Å². The number of rotatable bonds is 5. The SMILES string of the molecule is COc1ccccc1C(=O)N1C(C(=O)Nc2cc(S(C)(=O)=O)ccc2F)CC2CCCCC21. The Morgan fingerprint density at radius 2 is 1.85 bits per heavy atom. The maximum atomic E-state index is 14.4. The molecule has 0 radical (unpaired) electrons. The van der Waals surface area contributed by atoms with E-state index in [1.54, 1.807) is 29.2 Å². The summed E-state index contributed by atoms with van der Waals surface area (Å²) in [6.07, 6.45) is 5.22. The van der Waals surface area contributed by atoms with Gasteiger partial charge in [0, 0.05) is 12.3 Å². The molecule has 1 aliphatic heterocycles. The molecule has 4 rings (SSSR count). The summed E-state index contributed by atoms with van der Waals surface area (Å²) >= 11 is 0. The van der Waals surface area contributed by atoms with Crippen molar-refractivity contribution in [2.24, 2.45) is 5.92 Å². The first-order valence-corrected chi connectivity index (χ1v) is 12.9. The lowest BCUT2D eigenvalue weighted by atomic mass is 9.84. The van der Waals surface area contributed by atoms with E-state index in [1.165, 1.54) is 7.11 Å². The molecule has 9 heteroatoms. The smallest absolute Gasteiger partial charge is 0.258 e. The number of carbonyl (C=O) groups excluding carboxylic acids is 2. The highest BCUT2D eigenvalue weighted by atomic mass is 32.2. The molecule has 1 heterocycles. The third-order valence-corrected chi connectivity index (χ3v) is 7.70. The van der Waals surface area contributed by atoms with Gasteiger partial charge in [-0.25, -0.2) is 12.8 Å². The molecule has 0 spiro atoms. The van der Waals surface area contributed by atoms with Gasteiger partial charge in [-0.1, -0.05) is 25.0 Å². The summed E-state index contributed by atoms with van der Waals surface area (Å²) in [4.78, 5) is 28.5. The maximum absolute atomic E-state index is 14.4. The number of fused-ring (bicyclic) bond motifs is 1. The van der Waals surface area contributed by atoms with Crippen molar-refractivity contribution in [2.45, 2.75) is 49.1 Å². The Hall–Kier alpha value is -2.94. The molecule has 1 saturated carbocycles. The van der Waals surface area contributed by atoms with Crippen LogP contribution in [0.2, 0.25) is 0 Å². The van der Waals surface area contributed by atoms with Crippen molar-refractivity contribution in [1.29, 1.82) is 0 Å². The second-order valence-electron chi connectivity index (χ2n) is 8.68. The number of sulfone groups is 1. The molecule has 2 aliphatic rings. The van der Waals surface area contributed by atoms with Gasteiger partial charge in [-0.2, -0.15) is 0 Å². The van der Waals surface area contributed by atoms with Crippen LogP contribution in [0.4, 0.5) is 10.1 Å². The van der Waals surface area contributed by atoms with E-state index in [1.807, 2.05) is 0 Å². The van der Waals surface area contributed by atoms with Crippen molar-refractivity contribution in [2.75, 3.05) is 18.7 Å². The van der Waals surface area contributed by atoms with Gasteiger partial charge < -0.3 is 15.0 Å². The first kappa shape index (κ1) is 23.2. The van der Waals surface area contributed by atoms with Gasteiger partial charge in [-0.15, -0.1) is 0 Å². The van der Waals surface area contributed by atoms with Crippen LogP contribution in [0.1, 0.15) is 42.5 Å². The Balaban J connectivity index is 1.66. The molecule has 2 amide bonds. The summed E-state index contributed by atoms with van der Waals surface area (Å²) in [5, 5.41) is 2.54. The second kappa shape index (κ2) is 9.13. The number of amides is 2. The highest BCUT2D eigenvalue weighted by molar-refractivity contribution is 7.90. The molecule has 33 heavy (non-hydrogen) atoms. The van der Waals surface area contributed by atoms with E-state index < -0.39 is 27.6 Å². The van der Waals surface area contributed by atoms with Gasteiger partial charge >= 0.3 is 0 Å². The largest absolute Gasteiger partial charge is 0.496 e. The third kappa shape index (κ3) is 4.59. The summed E-state index contributed by atoms with van der Waals surface area (Å²) in [6.45, 7) is 0. The number of likely N-dealkylation sites (tertiary alicyclic amines) is 1. The lowest BCUT2D eigenvalue weighted by molar-refractivity contribution is -0.120. The number of para-hydroxylation sites is 1. The van der Waals surface area contributed by atoms with Gasteiger partial charge in [0.2, 0.25) is 5.91 Å². The topological polar surface area (TPSA) is 92.8 Å². The minimum atomic E-state index is -3.58. The van der Waals surface area contributed by atoms with Crippen LogP contribution in [0.5, 0.6) is 5.75 Å². The van der Waals surface area contributed by atoms with Crippen LogP contribution in [-0.2, 0) is 14.6 Å². The highest BCUT2D eigenvalue weighted by Crippen LogP contribution is 2.41. The van der Waals surface area contributed by atoms with Crippen LogP contribution in [0, 0.1) is 11.7 Å². The molecule has 2 aromatic carbocycles. The summed E-state index contributed by atoms with van der Waals surface area (Å²) in [6, 6.07) is 9.27. The highest BCUT2D eigenvalue weighted by Gasteiger charge is 2.48. The van der Waals surface area contributed by atoms with Crippen LogP contribution in [0.3, 0.4) is 0 Å². The molecule has 1 aliphatic carbocycles. The van der Waals surface area contributed by atoms with Gasteiger partial charge in [-0.3, -0.25) is 9.59 Å². The number of ether oxygens (including phenoxy) is 1. The number of nitrogens with one attached hydrogen (secondary N) is 1. The number of hydrogen-bond donors (Lipinski definition) is 1. The molecule has 2 fully saturated rings. The minimum absolute atomic E-state index is 0.0842. The van der Waals surface area contributed by atoms with Gasteiger partial charge in [0.1, 0.15) is 17.6 Å². The Bertz CT molecular complexity index is 1180. The lowest BCUT2D eigenvalue weighted by Crippen LogP contribution is -2.48. The van der Waals surface area contributed by atoms with E-state index in [2.05, 4.69) is 5.32 Å². The first-order valence-electron chi connectivity index (χ1n) is 11.0. The number of anilines is 1. The van der Waals surface area contributed by atoms with E-state index in [0.717, 1.165) is 50.1 Å². The normalized spacial score (nSPS) is 22.5. The zero-order valence-corrected chi connectivity index (χ0v) is 19.4. The zero-order chi connectivity index (χ0) is 23.8. The van der Waals surface area contributed by atoms with Crippen LogP contribution >= 0.6 is 0 Å². The van der Waals surface area contributed by atoms with Crippen molar-refractivity contribution in [3.05, 3.63) is 53.8 Å². The predicted molar refractivity (Wildman–Crippen MR) is 121 cm³/mol. The van der Waals surface area contributed by atoms with Crippen LogP contribution in [0.25, 0.3) is 0 Å². The van der Waals surface area contributed by atoms with E-state index >= 15 is 0 Å². The first-order chi connectivity index (χ1) is 15.7. The average Bonchev–Trinajstić information content (AvgIpc) is 3.19. The van der Waals surface area contributed by atoms with Crippen molar-refractivity contribution >= 4 is 27.3 Å². The molecule has 3 atom stereocenters.